The van der Waals surface area contributed by atoms with Crippen molar-refractivity contribution >= 4 is 33.2 Å². The van der Waals surface area contributed by atoms with E-state index in [4.69, 9.17) is 0 Å². The molecule has 0 fully saturated rings. The maximum Gasteiger partial charge on any atom is 0.416 e. The van der Waals surface area contributed by atoms with Gasteiger partial charge in [-0.1, -0.05) is 183 Å². The van der Waals surface area contributed by atoms with Crippen molar-refractivity contribution in [2.75, 3.05) is 0 Å². The van der Waals surface area contributed by atoms with Gasteiger partial charge in [-0.2, -0.15) is 52.7 Å². The first kappa shape index (κ1) is 55.5. The SMILES string of the molecule is C=C/C(=C\c1c(C)c(-c2ccc(-c3cccc(C(F)(F)F)c3)cc2)c2c(-c3ccccc3)c3cc(-c4cccc(C(F)(F)F)c4)ccc3c(-c3ccc(-c4cccc(C(F)(F)F)c4)cc3)c2c1-c1ccccc1)c1cccc(C(F)(F)F)c1. The van der Waals surface area contributed by atoms with Crippen LogP contribution in [0.3, 0.4) is 0 Å². The summed E-state index contributed by atoms with van der Waals surface area (Å²) in [5, 5.41) is 2.45. The van der Waals surface area contributed by atoms with Crippen LogP contribution in [-0.2, 0) is 24.7 Å². The van der Waals surface area contributed by atoms with Gasteiger partial charge in [0.2, 0.25) is 0 Å². The van der Waals surface area contributed by atoms with E-state index in [1.54, 1.807) is 84.9 Å². The number of fused-ring (bicyclic) bond motifs is 2. The largest absolute Gasteiger partial charge is 0.416 e. The lowest BCUT2D eigenvalue weighted by atomic mass is 9.75. The Labute approximate surface area is 469 Å². The van der Waals surface area contributed by atoms with Crippen LogP contribution in [0, 0.1) is 6.92 Å². The number of benzene rings is 11. The molecule has 0 aromatic heterocycles. The zero-order chi connectivity index (χ0) is 58.6. The van der Waals surface area contributed by atoms with Gasteiger partial charge in [0.25, 0.3) is 0 Å². The molecule has 0 saturated heterocycles. The Bertz CT molecular complexity index is 4300. The van der Waals surface area contributed by atoms with Gasteiger partial charge in [-0.05, 0) is 189 Å². The molecule has 0 heterocycles. The average Bonchev–Trinajstić information content (AvgIpc) is 1.72. The van der Waals surface area contributed by atoms with Crippen molar-refractivity contribution in [3.63, 3.8) is 0 Å². The highest BCUT2D eigenvalue weighted by Gasteiger charge is 2.34. The molecule has 0 atom stereocenters. The number of hydrogen-bond donors (Lipinski definition) is 0. The highest BCUT2D eigenvalue weighted by molar-refractivity contribution is 6.30. The Balaban J connectivity index is 1.34. The lowest BCUT2D eigenvalue weighted by Gasteiger charge is -2.27. The first-order valence-electron chi connectivity index (χ1n) is 26.0. The van der Waals surface area contributed by atoms with Gasteiger partial charge < -0.3 is 0 Å². The summed E-state index contributed by atoms with van der Waals surface area (Å²) < 4.78 is 171. The van der Waals surface area contributed by atoms with Crippen molar-refractivity contribution in [3.8, 4) is 77.9 Å². The highest BCUT2D eigenvalue weighted by atomic mass is 19.4. The van der Waals surface area contributed by atoms with Gasteiger partial charge in [0.1, 0.15) is 0 Å². The van der Waals surface area contributed by atoms with Crippen molar-refractivity contribution in [2.24, 2.45) is 0 Å². The Kier molecular flexibility index (Phi) is 14.4. The Morgan fingerprint density at radius 3 is 1.11 bits per heavy atom. The quantitative estimate of drug-likeness (QED) is 0.0554. The molecule has 0 N–H and O–H groups in total. The van der Waals surface area contributed by atoms with Crippen LogP contribution in [0.25, 0.3) is 111 Å². The molecule has 0 bridgehead atoms. The van der Waals surface area contributed by atoms with Gasteiger partial charge in [0.05, 0.1) is 22.3 Å². The van der Waals surface area contributed by atoms with Gasteiger partial charge in [0.15, 0.2) is 0 Å². The summed E-state index contributed by atoms with van der Waals surface area (Å²) in [4.78, 5) is 0. The third-order valence-electron chi connectivity index (χ3n) is 14.9. The van der Waals surface area contributed by atoms with Crippen LogP contribution in [0.5, 0.6) is 0 Å². The van der Waals surface area contributed by atoms with Crippen LogP contribution >= 0.6 is 0 Å². The zero-order valence-electron chi connectivity index (χ0n) is 43.8. The second-order valence-corrected chi connectivity index (χ2v) is 20.1. The predicted molar refractivity (Wildman–Crippen MR) is 309 cm³/mol. The molecule has 412 valence electrons. The standard InChI is InChI=1S/C71H44F12/c1-3-43(50-18-10-22-55(36-50)68(72,73)74)40-60-42(2)62(48-30-26-44(27-31-48)51-19-11-23-56(37-51)69(75,76)77)66-65(47-16-8-5-9-17-47)61-41-54(53-21-13-25-58(39-53)71(81,82)83)34-35-59(61)63(67(66)64(60)46-14-6-4-7-15-46)49-32-28-45(29-33-49)52-20-12-24-57(38-52)70(78,79)80/h3-41H,1H2,2H3/b43-40+. The molecule has 83 heavy (non-hydrogen) atoms. The molecule has 0 aliphatic rings. The first-order valence-corrected chi connectivity index (χ1v) is 26.0. The third-order valence-corrected chi connectivity index (χ3v) is 14.9. The lowest BCUT2D eigenvalue weighted by Crippen LogP contribution is -2.05. The van der Waals surface area contributed by atoms with Crippen LogP contribution in [0.1, 0.15) is 38.9 Å². The van der Waals surface area contributed by atoms with E-state index in [1.807, 2.05) is 79.7 Å². The molecule has 12 heteroatoms. The smallest absolute Gasteiger partial charge is 0.166 e. The Morgan fingerprint density at radius 2 is 0.651 bits per heavy atom. The third kappa shape index (κ3) is 11.0. The summed E-state index contributed by atoms with van der Waals surface area (Å²) in [6.45, 7) is 5.96. The van der Waals surface area contributed by atoms with Crippen LogP contribution in [0.4, 0.5) is 52.7 Å². The first-order chi connectivity index (χ1) is 39.6. The number of rotatable bonds is 10. The normalized spacial score (nSPS) is 12.5. The second kappa shape index (κ2) is 21.5. The Hall–Kier alpha value is -9.42. The molecule has 11 aromatic carbocycles. The molecular weight excluding hydrogens is 1080 g/mol. The summed E-state index contributed by atoms with van der Waals surface area (Å²) in [6.07, 6.45) is -15.4. The molecule has 0 spiro atoms. The molecular formula is C71H44F12. The van der Waals surface area contributed by atoms with Crippen molar-refractivity contribution in [3.05, 3.63) is 276 Å². The van der Waals surface area contributed by atoms with Gasteiger partial charge in [-0.15, -0.1) is 0 Å². The summed E-state index contributed by atoms with van der Waals surface area (Å²) in [6, 6.07) is 57.8. The number of allylic oxidation sites excluding steroid dienone is 2. The van der Waals surface area contributed by atoms with E-state index in [-0.39, 0.29) is 11.1 Å². The van der Waals surface area contributed by atoms with Crippen molar-refractivity contribution < 1.29 is 52.7 Å². The molecule has 0 radical (unpaired) electrons. The molecule has 0 unspecified atom stereocenters. The van der Waals surface area contributed by atoms with Crippen LogP contribution in [-0.4, -0.2) is 0 Å². The van der Waals surface area contributed by atoms with Gasteiger partial charge >= 0.3 is 24.7 Å². The van der Waals surface area contributed by atoms with E-state index in [2.05, 4.69) is 6.58 Å². The molecule has 0 amide bonds. The maximum atomic E-state index is 14.4. The fourth-order valence-corrected chi connectivity index (χ4v) is 11.0. The van der Waals surface area contributed by atoms with Crippen molar-refractivity contribution in [2.45, 2.75) is 31.6 Å². The lowest BCUT2D eigenvalue weighted by molar-refractivity contribution is -0.138. The molecule has 0 aliphatic carbocycles. The molecule has 11 rings (SSSR count). The summed E-state index contributed by atoms with van der Waals surface area (Å²) in [5.74, 6) is 0. The minimum absolute atomic E-state index is 0.205. The van der Waals surface area contributed by atoms with Gasteiger partial charge in [-0.3, -0.25) is 0 Å². The highest BCUT2D eigenvalue weighted by Crippen LogP contribution is 2.54. The average molecular weight is 1130 g/mol. The second-order valence-electron chi connectivity index (χ2n) is 20.1. The van der Waals surface area contributed by atoms with Crippen molar-refractivity contribution in [1.82, 2.24) is 0 Å². The molecule has 0 saturated carbocycles. The maximum absolute atomic E-state index is 14.4. The van der Waals surface area contributed by atoms with E-state index in [0.717, 1.165) is 48.5 Å². The van der Waals surface area contributed by atoms with Crippen LogP contribution in [0.15, 0.2) is 237 Å². The number of hydrogen-bond acceptors (Lipinski definition) is 0. The van der Waals surface area contributed by atoms with Crippen LogP contribution < -0.4 is 0 Å². The van der Waals surface area contributed by atoms with Crippen LogP contribution in [0.2, 0.25) is 0 Å². The van der Waals surface area contributed by atoms with Gasteiger partial charge in [0, 0.05) is 0 Å². The summed E-state index contributed by atoms with van der Waals surface area (Å²) in [5.41, 5.74) is 5.45. The summed E-state index contributed by atoms with van der Waals surface area (Å²) >= 11 is 0. The fourth-order valence-electron chi connectivity index (χ4n) is 11.0. The Morgan fingerprint density at radius 1 is 0.313 bits per heavy atom. The monoisotopic (exact) mass is 1120 g/mol. The zero-order valence-corrected chi connectivity index (χ0v) is 43.8. The predicted octanol–water partition coefficient (Wildman–Crippen LogP) is 22.8. The molecule has 0 aliphatic heterocycles. The molecule has 0 nitrogen and oxygen atoms in total. The number of halogens is 12. The molecule has 11 aromatic rings. The van der Waals surface area contributed by atoms with Crippen molar-refractivity contribution in [1.29, 1.82) is 0 Å². The fraction of sp³-hybridized carbons (Fsp3) is 0.0704. The van der Waals surface area contributed by atoms with E-state index in [9.17, 15) is 52.7 Å². The van der Waals surface area contributed by atoms with Gasteiger partial charge in [-0.25, -0.2) is 0 Å². The topological polar surface area (TPSA) is 0 Å². The number of alkyl halides is 12. The van der Waals surface area contributed by atoms with E-state index in [0.29, 0.717) is 111 Å². The minimum atomic E-state index is -4.69. The summed E-state index contributed by atoms with van der Waals surface area (Å²) in [7, 11) is 0. The van der Waals surface area contributed by atoms with E-state index < -0.39 is 47.0 Å². The van der Waals surface area contributed by atoms with E-state index >= 15 is 0 Å². The van der Waals surface area contributed by atoms with E-state index in [1.165, 1.54) is 30.3 Å². The minimum Gasteiger partial charge on any atom is -0.166 e.